The van der Waals surface area contributed by atoms with Gasteiger partial charge in [-0.15, -0.1) is 0 Å². The molecule has 1 aromatic rings. The topological polar surface area (TPSA) is 99.0 Å². The van der Waals surface area contributed by atoms with Crippen molar-refractivity contribution in [1.82, 2.24) is 5.32 Å². The lowest BCUT2D eigenvalue weighted by atomic mass is 9.78. The van der Waals surface area contributed by atoms with Gasteiger partial charge in [-0.05, 0) is 11.6 Å². The van der Waals surface area contributed by atoms with Crippen molar-refractivity contribution in [2.45, 2.75) is 6.10 Å². The average Bonchev–Trinajstić information content (AvgIpc) is 2.58. The lowest BCUT2D eigenvalue weighted by molar-refractivity contribution is 0.167. The Morgan fingerprint density at radius 1 is 1.59 bits per heavy atom. The number of phenolic OH excluding ortho intramolecular Hbond substituents is 1. The molecule has 8 heteroatoms. The van der Waals surface area contributed by atoms with Gasteiger partial charge >= 0.3 is 13.2 Å². The second-order valence-electron chi connectivity index (χ2n) is 3.56. The van der Waals surface area contributed by atoms with Crippen LogP contribution in [0.3, 0.4) is 0 Å². The molecule has 6 nitrogen and oxygen atoms in total. The Kier molecular flexibility index (Phi) is 2.91. The number of benzene rings is 1. The van der Waals surface area contributed by atoms with Gasteiger partial charge in [0.1, 0.15) is 0 Å². The van der Waals surface area contributed by atoms with Crippen LogP contribution in [0.4, 0.5) is 9.18 Å². The third kappa shape index (κ3) is 2.04. The summed E-state index contributed by atoms with van der Waals surface area (Å²) in [5, 5.41) is 29.1. The van der Waals surface area contributed by atoms with E-state index in [0.717, 1.165) is 6.07 Å². The fourth-order valence-electron chi connectivity index (χ4n) is 1.76. The first-order valence-corrected chi connectivity index (χ1v) is 4.82. The van der Waals surface area contributed by atoms with Gasteiger partial charge in [-0.2, -0.15) is 0 Å². The highest BCUT2D eigenvalue weighted by molar-refractivity contribution is 6.62. The number of aromatic hydroxyl groups is 1. The number of carbonyl (C=O) groups is 1. The van der Waals surface area contributed by atoms with Crippen molar-refractivity contribution in [2.24, 2.45) is 0 Å². The van der Waals surface area contributed by atoms with Crippen molar-refractivity contribution in [1.29, 1.82) is 0 Å². The molecule has 0 radical (unpaired) electrons. The van der Waals surface area contributed by atoms with E-state index < -0.39 is 30.9 Å². The molecule has 90 valence electrons. The van der Waals surface area contributed by atoms with Gasteiger partial charge in [0.15, 0.2) is 11.6 Å². The molecule has 2 rings (SSSR count). The third-order valence-corrected chi connectivity index (χ3v) is 2.52. The van der Waals surface area contributed by atoms with Gasteiger partial charge < -0.3 is 25.2 Å². The SMILES string of the molecule is O=C(O)NCC1OB(O)c2c1ccc(O)c2F. The number of fused-ring (bicyclic) bond motifs is 1. The van der Waals surface area contributed by atoms with Crippen molar-refractivity contribution >= 4 is 18.7 Å². The fourth-order valence-corrected chi connectivity index (χ4v) is 1.76. The number of carboxylic acid groups (broad SMARTS) is 1. The molecule has 1 atom stereocenters. The molecule has 0 bridgehead atoms. The van der Waals surface area contributed by atoms with Gasteiger partial charge in [0.05, 0.1) is 6.10 Å². The standard InChI is InChI=1S/C9H9BFNO5/c11-8-5(13)2-1-4-6(3-12-9(14)15)17-10(16)7(4)8/h1-2,6,12-13,16H,3H2,(H,14,15). The molecule has 0 fully saturated rings. The van der Waals surface area contributed by atoms with E-state index in [9.17, 15) is 14.2 Å². The van der Waals surface area contributed by atoms with Gasteiger partial charge in [-0.3, -0.25) is 0 Å². The lowest BCUT2D eigenvalue weighted by Crippen LogP contribution is -2.31. The van der Waals surface area contributed by atoms with E-state index in [0.29, 0.717) is 5.56 Å². The molecule has 0 saturated carbocycles. The van der Waals surface area contributed by atoms with E-state index in [1.54, 1.807) is 0 Å². The minimum absolute atomic E-state index is 0.108. The molecule has 1 amide bonds. The van der Waals surface area contributed by atoms with Crippen LogP contribution in [-0.4, -0.2) is 35.0 Å². The van der Waals surface area contributed by atoms with E-state index in [2.05, 4.69) is 5.32 Å². The van der Waals surface area contributed by atoms with Crippen LogP contribution < -0.4 is 10.8 Å². The molecule has 4 N–H and O–H groups in total. The molecule has 17 heavy (non-hydrogen) atoms. The van der Waals surface area contributed by atoms with Crippen molar-refractivity contribution in [2.75, 3.05) is 6.54 Å². The van der Waals surface area contributed by atoms with Crippen molar-refractivity contribution in [3.05, 3.63) is 23.5 Å². The smallest absolute Gasteiger partial charge is 0.495 e. The predicted octanol–water partition coefficient (Wildman–Crippen LogP) is -0.442. The maximum Gasteiger partial charge on any atom is 0.495 e. The first-order chi connectivity index (χ1) is 8.00. The zero-order chi connectivity index (χ0) is 12.6. The molecule has 0 aliphatic carbocycles. The summed E-state index contributed by atoms with van der Waals surface area (Å²) < 4.78 is 18.5. The summed E-state index contributed by atoms with van der Waals surface area (Å²) >= 11 is 0. The Hall–Kier alpha value is -1.80. The van der Waals surface area contributed by atoms with Crippen LogP contribution in [-0.2, 0) is 4.65 Å². The highest BCUT2D eigenvalue weighted by Crippen LogP contribution is 2.27. The first kappa shape index (κ1) is 11.7. The maximum absolute atomic E-state index is 13.5. The summed E-state index contributed by atoms with van der Waals surface area (Å²) in [6, 6.07) is 2.52. The Balaban J connectivity index is 2.29. The Morgan fingerprint density at radius 3 is 2.94 bits per heavy atom. The first-order valence-electron chi connectivity index (χ1n) is 4.82. The number of nitrogens with one attached hydrogen (secondary N) is 1. The van der Waals surface area contributed by atoms with Crippen molar-refractivity contribution in [3.63, 3.8) is 0 Å². The number of rotatable bonds is 2. The van der Waals surface area contributed by atoms with Gasteiger partial charge in [0, 0.05) is 12.0 Å². The quantitative estimate of drug-likeness (QED) is 0.526. The van der Waals surface area contributed by atoms with Crippen LogP contribution in [0.5, 0.6) is 5.75 Å². The summed E-state index contributed by atoms with van der Waals surface area (Å²) in [5.74, 6) is -1.54. The number of amides is 1. The number of hydrogen-bond donors (Lipinski definition) is 4. The summed E-state index contributed by atoms with van der Waals surface area (Å²) in [7, 11) is -1.50. The Labute approximate surface area is 95.8 Å². The largest absolute Gasteiger partial charge is 0.505 e. The van der Waals surface area contributed by atoms with Crippen LogP contribution in [0.1, 0.15) is 11.7 Å². The number of phenols is 1. The molecular weight excluding hydrogens is 232 g/mol. The number of hydrogen-bond acceptors (Lipinski definition) is 4. The van der Waals surface area contributed by atoms with Crippen LogP contribution in [0, 0.1) is 5.82 Å². The van der Waals surface area contributed by atoms with Crippen LogP contribution in [0.25, 0.3) is 0 Å². The average molecular weight is 241 g/mol. The van der Waals surface area contributed by atoms with E-state index in [4.69, 9.17) is 14.9 Å². The zero-order valence-electron chi connectivity index (χ0n) is 8.55. The van der Waals surface area contributed by atoms with Crippen molar-refractivity contribution < 1.29 is 29.1 Å². The minimum atomic E-state index is -1.50. The zero-order valence-corrected chi connectivity index (χ0v) is 8.55. The summed E-state index contributed by atoms with van der Waals surface area (Å²) in [5.41, 5.74) is 0.170. The van der Waals surface area contributed by atoms with Crippen LogP contribution in [0.15, 0.2) is 12.1 Å². The van der Waals surface area contributed by atoms with E-state index >= 15 is 0 Å². The monoisotopic (exact) mass is 241 g/mol. The summed E-state index contributed by atoms with van der Waals surface area (Å²) in [6.45, 7) is -0.108. The fraction of sp³-hybridized carbons (Fsp3) is 0.222. The Morgan fingerprint density at radius 2 is 2.29 bits per heavy atom. The molecule has 1 aliphatic rings. The van der Waals surface area contributed by atoms with E-state index in [-0.39, 0.29) is 12.0 Å². The van der Waals surface area contributed by atoms with Gasteiger partial charge in [0.2, 0.25) is 0 Å². The molecule has 1 heterocycles. The van der Waals surface area contributed by atoms with E-state index in [1.807, 2.05) is 0 Å². The minimum Gasteiger partial charge on any atom is -0.505 e. The summed E-state index contributed by atoms with van der Waals surface area (Å²) in [4.78, 5) is 10.3. The molecule has 1 aliphatic heterocycles. The van der Waals surface area contributed by atoms with Gasteiger partial charge in [0.25, 0.3) is 0 Å². The normalized spacial score (nSPS) is 18.0. The summed E-state index contributed by atoms with van der Waals surface area (Å²) in [6.07, 6.45) is -2.01. The lowest BCUT2D eigenvalue weighted by Gasteiger charge is -2.11. The van der Waals surface area contributed by atoms with Gasteiger partial charge in [-0.25, -0.2) is 9.18 Å². The van der Waals surface area contributed by atoms with Gasteiger partial charge in [-0.1, -0.05) is 6.07 Å². The molecule has 0 spiro atoms. The molecule has 0 saturated heterocycles. The maximum atomic E-state index is 13.5. The van der Waals surface area contributed by atoms with Crippen LogP contribution in [0.2, 0.25) is 0 Å². The van der Waals surface area contributed by atoms with E-state index in [1.165, 1.54) is 6.07 Å². The second kappa shape index (κ2) is 4.23. The second-order valence-corrected chi connectivity index (χ2v) is 3.56. The molecule has 0 aromatic heterocycles. The molecular formula is C9H9BFNO5. The van der Waals surface area contributed by atoms with Crippen LogP contribution >= 0.6 is 0 Å². The number of halogens is 1. The van der Waals surface area contributed by atoms with Crippen molar-refractivity contribution in [3.8, 4) is 5.75 Å². The molecule has 1 unspecified atom stereocenters. The predicted molar refractivity (Wildman–Crippen MR) is 55.5 cm³/mol. The Bertz CT molecular complexity index is 469. The third-order valence-electron chi connectivity index (χ3n) is 2.52. The molecule has 1 aromatic carbocycles. The highest BCUT2D eigenvalue weighted by Gasteiger charge is 2.38. The highest BCUT2D eigenvalue weighted by atomic mass is 19.1.